The number of carbonyl (C=O) groups excluding carboxylic acids is 2. The van der Waals surface area contributed by atoms with E-state index in [9.17, 15) is 9.59 Å². The van der Waals surface area contributed by atoms with E-state index in [0.29, 0.717) is 6.54 Å². The maximum absolute atomic E-state index is 12.2. The van der Waals surface area contributed by atoms with Crippen molar-refractivity contribution in [3.05, 3.63) is 28.7 Å². The molecule has 2 rings (SSSR count). The molecule has 114 valence electrons. The number of hydrogen-bond donors (Lipinski definition) is 1. The number of rotatable bonds is 5. The summed E-state index contributed by atoms with van der Waals surface area (Å²) >= 11 is 3.35. The molecule has 3 atom stereocenters. The summed E-state index contributed by atoms with van der Waals surface area (Å²) in [5, 5.41) is 2.86. The molecule has 1 unspecified atom stereocenters. The zero-order valence-electron chi connectivity index (χ0n) is 12.3. The fourth-order valence-corrected chi connectivity index (χ4v) is 2.63. The van der Waals surface area contributed by atoms with E-state index < -0.39 is 0 Å². The SMILES string of the molecule is COC(=O)[C@H](C(C)C)N1C[C@H]1C(=O)Nc1ccc(Br)cc1. The first-order valence-corrected chi connectivity index (χ1v) is 7.63. The van der Waals surface area contributed by atoms with Gasteiger partial charge in [-0.3, -0.25) is 14.5 Å². The predicted octanol–water partition coefficient (Wildman–Crippen LogP) is 2.27. The van der Waals surface area contributed by atoms with Crippen molar-refractivity contribution in [2.45, 2.75) is 25.9 Å². The van der Waals surface area contributed by atoms with Crippen LogP contribution in [-0.2, 0) is 14.3 Å². The first-order valence-electron chi connectivity index (χ1n) is 6.84. The molecule has 0 radical (unpaired) electrons. The number of halogens is 1. The molecule has 0 spiro atoms. The molecule has 1 fully saturated rings. The lowest BCUT2D eigenvalue weighted by Crippen LogP contribution is -2.38. The second-order valence-electron chi connectivity index (χ2n) is 5.42. The van der Waals surface area contributed by atoms with Gasteiger partial charge in [0.2, 0.25) is 5.91 Å². The van der Waals surface area contributed by atoms with Gasteiger partial charge in [-0.25, -0.2) is 0 Å². The lowest BCUT2D eigenvalue weighted by molar-refractivity contribution is -0.146. The van der Waals surface area contributed by atoms with E-state index in [1.807, 2.05) is 43.0 Å². The summed E-state index contributed by atoms with van der Waals surface area (Å²) in [4.78, 5) is 25.9. The Balaban J connectivity index is 1.96. The van der Waals surface area contributed by atoms with Crippen LogP contribution in [0.15, 0.2) is 28.7 Å². The standard InChI is InChI=1S/C15H19BrN2O3/c1-9(2)13(15(20)21-3)18-8-12(18)14(19)17-11-6-4-10(16)5-7-11/h4-7,9,12-13H,8H2,1-3H3,(H,17,19)/t12-,13-,18?/m0/s1. The van der Waals surface area contributed by atoms with Crippen molar-refractivity contribution in [1.29, 1.82) is 0 Å². The van der Waals surface area contributed by atoms with E-state index in [0.717, 1.165) is 10.2 Å². The molecule has 1 aliphatic rings. The minimum Gasteiger partial charge on any atom is -0.468 e. The van der Waals surface area contributed by atoms with Crippen LogP contribution in [0.5, 0.6) is 0 Å². The molecular formula is C15H19BrN2O3. The number of benzene rings is 1. The molecule has 21 heavy (non-hydrogen) atoms. The van der Waals surface area contributed by atoms with E-state index in [1.165, 1.54) is 7.11 Å². The Kier molecular flexibility index (Phi) is 5.00. The van der Waals surface area contributed by atoms with Gasteiger partial charge in [0.25, 0.3) is 0 Å². The predicted molar refractivity (Wildman–Crippen MR) is 83.9 cm³/mol. The normalized spacial score (nSPS) is 21.8. The van der Waals surface area contributed by atoms with Crippen LogP contribution < -0.4 is 5.32 Å². The molecular weight excluding hydrogens is 336 g/mol. The number of nitrogens with zero attached hydrogens (tertiary/aromatic N) is 1. The number of amides is 1. The van der Waals surface area contributed by atoms with Crippen LogP contribution in [0.2, 0.25) is 0 Å². The van der Waals surface area contributed by atoms with Crippen molar-refractivity contribution in [3.8, 4) is 0 Å². The fourth-order valence-electron chi connectivity index (χ4n) is 2.36. The van der Waals surface area contributed by atoms with Crippen molar-refractivity contribution in [3.63, 3.8) is 0 Å². The third-order valence-electron chi connectivity index (χ3n) is 3.50. The molecule has 0 aromatic heterocycles. The van der Waals surface area contributed by atoms with Crippen molar-refractivity contribution in [2.75, 3.05) is 19.0 Å². The van der Waals surface area contributed by atoms with Crippen LogP contribution in [-0.4, -0.2) is 42.5 Å². The molecule has 0 bridgehead atoms. The molecule has 1 saturated heterocycles. The summed E-state index contributed by atoms with van der Waals surface area (Å²) < 4.78 is 5.77. The first kappa shape index (κ1) is 16.0. The van der Waals surface area contributed by atoms with Crippen LogP contribution in [0.4, 0.5) is 5.69 Å². The molecule has 6 heteroatoms. The minimum atomic E-state index is -0.365. The highest BCUT2D eigenvalue weighted by molar-refractivity contribution is 9.10. The van der Waals surface area contributed by atoms with Crippen molar-refractivity contribution in [1.82, 2.24) is 4.90 Å². The average molecular weight is 355 g/mol. The zero-order valence-corrected chi connectivity index (χ0v) is 13.9. The lowest BCUT2D eigenvalue weighted by Gasteiger charge is -2.20. The quantitative estimate of drug-likeness (QED) is 0.650. The van der Waals surface area contributed by atoms with E-state index in [4.69, 9.17) is 4.74 Å². The monoisotopic (exact) mass is 354 g/mol. The first-order chi connectivity index (χ1) is 9.93. The average Bonchev–Trinajstić information content (AvgIpc) is 3.21. The molecule has 0 saturated carbocycles. The van der Waals surface area contributed by atoms with E-state index in [2.05, 4.69) is 21.2 Å². The molecule has 1 amide bonds. The zero-order chi connectivity index (χ0) is 15.6. The van der Waals surface area contributed by atoms with Crippen LogP contribution >= 0.6 is 15.9 Å². The molecule has 1 aliphatic heterocycles. The van der Waals surface area contributed by atoms with Crippen LogP contribution in [0, 0.1) is 5.92 Å². The minimum absolute atomic E-state index is 0.0909. The van der Waals surface area contributed by atoms with Gasteiger partial charge >= 0.3 is 5.97 Å². The topological polar surface area (TPSA) is 58.4 Å². The number of nitrogens with one attached hydrogen (secondary N) is 1. The molecule has 1 aromatic carbocycles. The Bertz CT molecular complexity index is 530. The molecule has 0 aliphatic carbocycles. The molecule has 1 aromatic rings. The van der Waals surface area contributed by atoms with Crippen molar-refractivity contribution >= 4 is 33.5 Å². The maximum atomic E-state index is 12.2. The number of esters is 1. The highest BCUT2D eigenvalue weighted by atomic mass is 79.9. The van der Waals surface area contributed by atoms with Gasteiger partial charge < -0.3 is 10.1 Å². The molecule has 1 heterocycles. The van der Waals surface area contributed by atoms with Crippen LogP contribution in [0.1, 0.15) is 13.8 Å². The third-order valence-corrected chi connectivity index (χ3v) is 4.03. The van der Waals surface area contributed by atoms with Gasteiger partial charge in [-0.2, -0.15) is 0 Å². The Morgan fingerprint density at radius 2 is 1.95 bits per heavy atom. The Hall–Kier alpha value is -1.40. The summed E-state index contributed by atoms with van der Waals surface area (Å²) in [7, 11) is 1.37. The summed E-state index contributed by atoms with van der Waals surface area (Å²) in [5.74, 6) is -0.279. The van der Waals surface area contributed by atoms with Gasteiger partial charge in [0.15, 0.2) is 0 Å². The number of anilines is 1. The second kappa shape index (κ2) is 6.58. The van der Waals surface area contributed by atoms with Crippen LogP contribution in [0.25, 0.3) is 0 Å². The van der Waals surface area contributed by atoms with Gasteiger partial charge in [-0.1, -0.05) is 29.8 Å². The Morgan fingerprint density at radius 1 is 1.33 bits per heavy atom. The lowest BCUT2D eigenvalue weighted by atomic mass is 10.0. The summed E-state index contributed by atoms with van der Waals surface area (Å²) in [6.45, 7) is 4.48. The number of ether oxygens (including phenoxy) is 1. The number of carbonyl (C=O) groups is 2. The number of methoxy groups -OCH3 is 1. The Morgan fingerprint density at radius 3 is 2.48 bits per heavy atom. The summed E-state index contributed by atoms with van der Waals surface area (Å²) in [5.41, 5.74) is 0.745. The largest absolute Gasteiger partial charge is 0.468 e. The van der Waals surface area contributed by atoms with Gasteiger partial charge in [-0.05, 0) is 30.2 Å². The van der Waals surface area contributed by atoms with Crippen molar-refractivity contribution < 1.29 is 14.3 Å². The molecule has 1 N–H and O–H groups in total. The maximum Gasteiger partial charge on any atom is 0.323 e. The fraction of sp³-hybridized carbons (Fsp3) is 0.467. The third kappa shape index (κ3) is 3.83. The van der Waals surface area contributed by atoms with E-state index in [-0.39, 0.29) is 29.9 Å². The second-order valence-corrected chi connectivity index (χ2v) is 6.34. The Labute approximate surface area is 132 Å². The highest BCUT2D eigenvalue weighted by Gasteiger charge is 2.48. The van der Waals surface area contributed by atoms with Gasteiger partial charge in [0, 0.05) is 16.7 Å². The summed E-state index contributed by atoms with van der Waals surface area (Å²) in [6.07, 6.45) is 0. The van der Waals surface area contributed by atoms with Gasteiger partial charge in [0.1, 0.15) is 12.1 Å². The smallest absolute Gasteiger partial charge is 0.323 e. The highest BCUT2D eigenvalue weighted by Crippen LogP contribution is 2.28. The number of hydrogen-bond acceptors (Lipinski definition) is 4. The molecule has 5 nitrogen and oxygen atoms in total. The summed E-state index contributed by atoms with van der Waals surface area (Å²) in [6, 6.07) is 6.76. The van der Waals surface area contributed by atoms with Gasteiger partial charge in [0.05, 0.1) is 7.11 Å². The van der Waals surface area contributed by atoms with Crippen molar-refractivity contribution in [2.24, 2.45) is 5.92 Å². The van der Waals surface area contributed by atoms with Gasteiger partial charge in [-0.15, -0.1) is 0 Å². The van der Waals surface area contributed by atoms with Crippen LogP contribution in [0.3, 0.4) is 0 Å². The van der Waals surface area contributed by atoms with E-state index >= 15 is 0 Å². The van der Waals surface area contributed by atoms with E-state index in [1.54, 1.807) is 0 Å².